The number of benzene rings is 3. The van der Waals surface area contributed by atoms with E-state index in [0.29, 0.717) is 13.0 Å². The van der Waals surface area contributed by atoms with Crippen molar-refractivity contribution in [1.29, 1.82) is 0 Å². The number of rotatable bonds is 12. The molecule has 0 fully saturated rings. The molecule has 3 aromatic rings. The van der Waals surface area contributed by atoms with Gasteiger partial charge in [0.2, 0.25) is 0 Å². The van der Waals surface area contributed by atoms with Crippen LogP contribution in [0.4, 0.5) is 0 Å². The van der Waals surface area contributed by atoms with E-state index in [0.717, 1.165) is 54.4 Å². The third-order valence-corrected chi connectivity index (χ3v) is 6.32. The van der Waals surface area contributed by atoms with Crippen LogP contribution >= 0.6 is 11.6 Å². The van der Waals surface area contributed by atoms with E-state index in [1.54, 1.807) is 0 Å². The van der Waals surface area contributed by atoms with Gasteiger partial charge < -0.3 is 14.7 Å². The quantitative estimate of drug-likeness (QED) is 0.349. The van der Waals surface area contributed by atoms with Crippen molar-refractivity contribution < 1.29 is 9.84 Å². The molecule has 1 N–H and O–H groups in total. The second-order valence-corrected chi connectivity index (χ2v) is 8.54. The van der Waals surface area contributed by atoms with E-state index in [9.17, 15) is 5.11 Å². The van der Waals surface area contributed by atoms with Gasteiger partial charge in [-0.3, -0.25) is 0 Å². The van der Waals surface area contributed by atoms with Crippen molar-refractivity contribution in [2.45, 2.75) is 38.7 Å². The lowest BCUT2D eigenvalue weighted by atomic mass is 9.82. The van der Waals surface area contributed by atoms with Crippen LogP contribution in [0, 0.1) is 0 Å². The second-order valence-electron chi connectivity index (χ2n) is 8.11. The van der Waals surface area contributed by atoms with Crippen LogP contribution in [-0.2, 0) is 12.0 Å². The van der Waals surface area contributed by atoms with Crippen LogP contribution in [-0.4, -0.2) is 36.2 Å². The zero-order chi connectivity index (χ0) is 22.8. The SMILES string of the molecule is CCN(CC)CCOc1ccc(C(O)(CCCc2ccc(Cl)cc2)c2ccccc2)cc1. The van der Waals surface area contributed by atoms with Gasteiger partial charge >= 0.3 is 0 Å². The summed E-state index contributed by atoms with van der Waals surface area (Å²) in [7, 11) is 0. The number of aliphatic hydroxyl groups is 1. The Balaban J connectivity index is 1.70. The first-order valence-electron chi connectivity index (χ1n) is 11.5. The summed E-state index contributed by atoms with van der Waals surface area (Å²) in [5.74, 6) is 0.831. The first-order chi connectivity index (χ1) is 15.5. The Morgan fingerprint density at radius 1 is 0.844 bits per heavy atom. The Bertz CT molecular complexity index is 924. The maximum atomic E-state index is 11.8. The molecule has 0 aliphatic carbocycles. The van der Waals surface area contributed by atoms with Crippen molar-refractivity contribution in [2.24, 2.45) is 0 Å². The monoisotopic (exact) mass is 451 g/mol. The number of hydrogen-bond acceptors (Lipinski definition) is 3. The van der Waals surface area contributed by atoms with Gasteiger partial charge in [0.15, 0.2) is 0 Å². The molecule has 32 heavy (non-hydrogen) atoms. The fourth-order valence-corrected chi connectivity index (χ4v) is 4.15. The Labute approximate surface area is 197 Å². The second kappa shape index (κ2) is 12.1. The first kappa shape index (κ1) is 24.3. The molecule has 3 nitrogen and oxygen atoms in total. The van der Waals surface area contributed by atoms with E-state index in [1.165, 1.54) is 5.56 Å². The highest BCUT2D eigenvalue weighted by molar-refractivity contribution is 6.30. The smallest absolute Gasteiger partial charge is 0.119 e. The van der Waals surface area contributed by atoms with Crippen LogP contribution in [0.3, 0.4) is 0 Å². The fourth-order valence-electron chi connectivity index (χ4n) is 4.03. The lowest BCUT2D eigenvalue weighted by Gasteiger charge is -2.30. The Morgan fingerprint density at radius 2 is 1.47 bits per heavy atom. The normalized spacial score (nSPS) is 13.2. The van der Waals surface area contributed by atoms with Crippen LogP contribution < -0.4 is 4.74 Å². The van der Waals surface area contributed by atoms with E-state index in [4.69, 9.17) is 16.3 Å². The molecule has 0 bridgehead atoms. The molecule has 3 rings (SSSR count). The summed E-state index contributed by atoms with van der Waals surface area (Å²) < 4.78 is 5.93. The first-order valence-corrected chi connectivity index (χ1v) is 11.9. The van der Waals surface area contributed by atoms with E-state index >= 15 is 0 Å². The van der Waals surface area contributed by atoms with Crippen molar-refractivity contribution in [1.82, 2.24) is 4.90 Å². The van der Waals surface area contributed by atoms with Gasteiger partial charge in [0, 0.05) is 11.6 Å². The van der Waals surface area contributed by atoms with Gasteiger partial charge in [-0.2, -0.15) is 0 Å². The average Bonchev–Trinajstić information content (AvgIpc) is 2.84. The maximum absolute atomic E-state index is 11.8. The van der Waals surface area contributed by atoms with Gasteiger partial charge in [-0.25, -0.2) is 0 Å². The largest absolute Gasteiger partial charge is 0.492 e. The van der Waals surface area contributed by atoms with Crippen LogP contribution in [0.5, 0.6) is 5.75 Å². The predicted molar refractivity (Wildman–Crippen MR) is 134 cm³/mol. The van der Waals surface area contributed by atoms with Crippen molar-refractivity contribution in [3.63, 3.8) is 0 Å². The molecule has 3 aromatic carbocycles. The highest BCUT2D eigenvalue weighted by atomic mass is 35.5. The van der Waals surface area contributed by atoms with E-state index < -0.39 is 5.60 Å². The number of aryl methyl sites for hydroxylation is 1. The van der Waals surface area contributed by atoms with E-state index in [1.807, 2.05) is 78.9 Å². The fraction of sp³-hybridized carbons (Fsp3) is 0.357. The third kappa shape index (κ3) is 6.59. The van der Waals surface area contributed by atoms with Crippen LogP contribution in [0.1, 0.15) is 43.4 Å². The maximum Gasteiger partial charge on any atom is 0.119 e. The lowest BCUT2D eigenvalue weighted by molar-refractivity contribution is 0.0687. The van der Waals surface area contributed by atoms with Gasteiger partial charge in [-0.15, -0.1) is 0 Å². The minimum Gasteiger partial charge on any atom is -0.492 e. The molecule has 170 valence electrons. The number of halogens is 1. The topological polar surface area (TPSA) is 32.7 Å². The van der Waals surface area contributed by atoms with E-state index in [-0.39, 0.29) is 0 Å². The summed E-state index contributed by atoms with van der Waals surface area (Å²) >= 11 is 6.00. The van der Waals surface area contributed by atoms with Crippen LogP contribution in [0.2, 0.25) is 5.02 Å². The Hall–Kier alpha value is -2.33. The summed E-state index contributed by atoms with van der Waals surface area (Å²) in [5.41, 5.74) is 1.97. The minimum atomic E-state index is -1.05. The van der Waals surface area contributed by atoms with Gasteiger partial charge in [0.1, 0.15) is 18.0 Å². The molecule has 0 aliphatic heterocycles. The molecule has 1 atom stereocenters. The molecule has 0 aromatic heterocycles. The third-order valence-electron chi connectivity index (χ3n) is 6.07. The Morgan fingerprint density at radius 3 is 2.09 bits per heavy atom. The molecule has 0 amide bonds. The summed E-state index contributed by atoms with van der Waals surface area (Å²) in [4.78, 5) is 2.34. The molecule has 0 heterocycles. The highest BCUT2D eigenvalue weighted by Crippen LogP contribution is 2.35. The molecule has 0 aliphatic rings. The minimum absolute atomic E-state index is 0.627. The molecule has 0 radical (unpaired) electrons. The molecule has 0 saturated heterocycles. The van der Waals surface area contributed by atoms with Crippen molar-refractivity contribution in [2.75, 3.05) is 26.2 Å². The molecule has 0 spiro atoms. The standard InChI is InChI=1S/C28H34ClNO2/c1-3-30(4-2)21-22-32-27-18-14-25(15-19-27)28(31,24-10-6-5-7-11-24)20-8-9-23-12-16-26(29)17-13-23/h5-7,10-19,31H,3-4,8-9,20-22H2,1-2H3. The van der Waals surface area contributed by atoms with Crippen molar-refractivity contribution in [3.8, 4) is 5.75 Å². The van der Waals surface area contributed by atoms with Crippen LogP contribution in [0.15, 0.2) is 78.9 Å². The predicted octanol–water partition coefficient (Wildman–Crippen LogP) is 6.32. The summed E-state index contributed by atoms with van der Waals surface area (Å²) in [6.07, 6.45) is 2.37. The number of nitrogens with zero attached hydrogens (tertiary/aromatic N) is 1. The molecular formula is C28H34ClNO2. The molecule has 4 heteroatoms. The van der Waals surface area contributed by atoms with Crippen molar-refractivity contribution in [3.05, 3.63) is 101 Å². The molecule has 1 unspecified atom stereocenters. The number of ether oxygens (including phenoxy) is 1. The summed E-state index contributed by atoms with van der Waals surface area (Å²) in [5, 5.41) is 12.6. The highest BCUT2D eigenvalue weighted by Gasteiger charge is 2.31. The van der Waals surface area contributed by atoms with Gasteiger partial charge in [-0.05, 0) is 73.3 Å². The van der Waals surface area contributed by atoms with Crippen molar-refractivity contribution >= 4 is 11.6 Å². The Kier molecular flexibility index (Phi) is 9.16. The summed E-state index contributed by atoms with van der Waals surface area (Å²) in [6.45, 7) is 7.95. The van der Waals surface area contributed by atoms with Crippen LogP contribution in [0.25, 0.3) is 0 Å². The van der Waals surface area contributed by atoms with Gasteiger partial charge in [0.05, 0.1) is 0 Å². The lowest BCUT2D eigenvalue weighted by Crippen LogP contribution is -2.28. The number of likely N-dealkylation sites (N-methyl/N-ethyl adjacent to an activating group) is 1. The molecule has 0 saturated carbocycles. The summed E-state index contributed by atoms with van der Waals surface area (Å²) in [6, 6.07) is 25.8. The number of hydrogen-bond donors (Lipinski definition) is 1. The molecular weight excluding hydrogens is 418 g/mol. The zero-order valence-corrected chi connectivity index (χ0v) is 19.9. The zero-order valence-electron chi connectivity index (χ0n) is 19.1. The average molecular weight is 452 g/mol. The van der Waals surface area contributed by atoms with Gasteiger partial charge in [0.25, 0.3) is 0 Å². The van der Waals surface area contributed by atoms with Gasteiger partial charge in [-0.1, -0.05) is 80.0 Å². The van der Waals surface area contributed by atoms with E-state index in [2.05, 4.69) is 18.7 Å².